The number of benzene rings is 1. The van der Waals surface area contributed by atoms with Crippen LogP contribution in [0.5, 0.6) is 0 Å². The van der Waals surface area contributed by atoms with Gasteiger partial charge in [0.1, 0.15) is 0 Å². The van der Waals surface area contributed by atoms with Gasteiger partial charge in [-0.3, -0.25) is 0 Å². The van der Waals surface area contributed by atoms with Crippen LogP contribution in [0, 0.1) is 0 Å². The van der Waals surface area contributed by atoms with Gasteiger partial charge in [-0.1, -0.05) is 6.07 Å². The molecule has 0 amide bonds. The first-order valence-electron chi connectivity index (χ1n) is 4.36. The van der Waals surface area contributed by atoms with Crippen molar-refractivity contribution in [2.24, 2.45) is 0 Å². The van der Waals surface area contributed by atoms with Gasteiger partial charge in [0.15, 0.2) is 0 Å². The first kappa shape index (κ1) is 9.06. The van der Waals surface area contributed by atoms with E-state index >= 15 is 0 Å². The molecule has 1 atom stereocenters. The number of rotatable bonds is 2. The lowest BCUT2D eigenvalue weighted by atomic mass is 10.1. The highest BCUT2D eigenvalue weighted by atomic mass is 32.2. The minimum atomic E-state index is 0.141. The van der Waals surface area contributed by atoms with Crippen LogP contribution >= 0.6 is 11.8 Å². The molecule has 1 aliphatic rings. The average molecular weight is 195 g/mol. The fourth-order valence-electron chi connectivity index (χ4n) is 1.69. The SMILES string of the molecule is CSc1ccc2c(c1)[C@@H](CO)NC2. The Kier molecular flexibility index (Phi) is 2.58. The molecule has 0 saturated carbocycles. The lowest BCUT2D eigenvalue weighted by Crippen LogP contribution is -2.15. The zero-order chi connectivity index (χ0) is 9.26. The van der Waals surface area contributed by atoms with Crippen molar-refractivity contribution in [3.8, 4) is 0 Å². The average Bonchev–Trinajstić information content (AvgIpc) is 2.59. The van der Waals surface area contributed by atoms with E-state index in [0.717, 1.165) is 6.54 Å². The van der Waals surface area contributed by atoms with Gasteiger partial charge in [-0.2, -0.15) is 0 Å². The van der Waals surface area contributed by atoms with Crippen LogP contribution < -0.4 is 5.32 Å². The standard InChI is InChI=1S/C10H13NOS/c1-13-8-3-2-7-5-11-10(6-12)9(7)4-8/h2-4,10-12H,5-6H2,1H3/t10-/m1/s1. The third-order valence-corrected chi connectivity index (χ3v) is 3.18. The molecule has 70 valence electrons. The van der Waals surface area contributed by atoms with Crippen LogP contribution in [0.3, 0.4) is 0 Å². The van der Waals surface area contributed by atoms with Crippen LogP contribution in [0.2, 0.25) is 0 Å². The fourth-order valence-corrected chi connectivity index (χ4v) is 2.14. The Balaban J connectivity index is 2.37. The molecule has 0 radical (unpaired) electrons. The van der Waals surface area contributed by atoms with E-state index in [0.29, 0.717) is 0 Å². The Bertz CT molecular complexity index is 314. The van der Waals surface area contributed by atoms with E-state index in [1.807, 2.05) is 0 Å². The fraction of sp³-hybridized carbons (Fsp3) is 0.400. The van der Waals surface area contributed by atoms with Gasteiger partial charge in [-0.25, -0.2) is 0 Å². The molecule has 2 nitrogen and oxygen atoms in total. The van der Waals surface area contributed by atoms with Crippen LogP contribution in [0.15, 0.2) is 23.1 Å². The molecule has 1 aliphatic heterocycles. The maximum absolute atomic E-state index is 9.11. The number of hydrogen-bond donors (Lipinski definition) is 2. The van der Waals surface area contributed by atoms with Gasteiger partial charge < -0.3 is 10.4 Å². The number of aliphatic hydroxyl groups excluding tert-OH is 1. The molecule has 13 heavy (non-hydrogen) atoms. The predicted octanol–water partition coefficient (Wildman–Crippen LogP) is 1.55. The van der Waals surface area contributed by atoms with Gasteiger partial charge in [0.2, 0.25) is 0 Å². The minimum Gasteiger partial charge on any atom is -0.394 e. The Morgan fingerprint density at radius 2 is 2.46 bits per heavy atom. The molecule has 0 saturated heterocycles. The van der Waals surface area contributed by atoms with Crippen molar-refractivity contribution in [3.05, 3.63) is 29.3 Å². The van der Waals surface area contributed by atoms with Crippen LogP contribution in [-0.4, -0.2) is 18.0 Å². The quantitative estimate of drug-likeness (QED) is 0.702. The molecule has 1 heterocycles. The van der Waals surface area contributed by atoms with E-state index in [1.54, 1.807) is 11.8 Å². The Labute approximate surface area is 82.4 Å². The zero-order valence-electron chi connectivity index (χ0n) is 7.58. The predicted molar refractivity (Wildman–Crippen MR) is 54.9 cm³/mol. The van der Waals surface area contributed by atoms with Gasteiger partial charge in [0.05, 0.1) is 12.6 Å². The van der Waals surface area contributed by atoms with Crippen molar-refractivity contribution in [1.29, 1.82) is 0 Å². The Hall–Kier alpha value is -0.510. The summed E-state index contributed by atoms with van der Waals surface area (Å²) in [5.41, 5.74) is 2.58. The maximum atomic E-state index is 9.11. The largest absolute Gasteiger partial charge is 0.394 e. The highest BCUT2D eigenvalue weighted by molar-refractivity contribution is 7.98. The lowest BCUT2D eigenvalue weighted by molar-refractivity contribution is 0.251. The van der Waals surface area contributed by atoms with E-state index < -0.39 is 0 Å². The summed E-state index contributed by atoms with van der Waals surface area (Å²) >= 11 is 1.74. The number of hydrogen-bond acceptors (Lipinski definition) is 3. The Morgan fingerprint density at radius 3 is 3.15 bits per heavy atom. The zero-order valence-corrected chi connectivity index (χ0v) is 8.40. The summed E-state index contributed by atoms with van der Waals surface area (Å²) in [6.45, 7) is 1.07. The minimum absolute atomic E-state index is 0.141. The molecule has 0 unspecified atom stereocenters. The molecule has 3 heteroatoms. The summed E-state index contributed by atoms with van der Waals surface area (Å²) in [5.74, 6) is 0. The van der Waals surface area contributed by atoms with Crippen LogP contribution in [0.4, 0.5) is 0 Å². The molecule has 0 fully saturated rings. The third kappa shape index (κ3) is 1.59. The van der Waals surface area contributed by atoms with Crippen LogP contribution in [0.1, 0.15) is 17.2 Å². The van der Waals surface area contributed by atoms with Crippen molar-refractivity contribution in [1.82, 2.24) is 5.32 Å². The van der Waals surface area contributed by atoms with E-state index in [9.17, 15) is 0 Å². The number of aliphatic hydroxyl groups is 1. The van der Waals surface area contributed by atoms with Gasteiger partial charge in [0, 0.05) is 11.4 Å². The summed E-state index contributed by atoms with van der Waals surface area (Å²) in [7, 11) is 0. The van der Waals surface area contributed by atoms with E-state index in [4.69, 9.17) is 5.11 Å². The topological polar surface area (TPSA) is 32.3 Å². The second kappa shape index (κ2) is 3.70. The highest BCUT2D eigenvalue weighted by Gasteiger charge is 2.20. The smallest absolute Gasteiger partial charge is 0.0626 e. The van der Waals surface area contributed by atoms with Crippen LogP contribution in [0.25, 0.3) is 0 Å². The molecule has 0 bridgehead atoms. The van der Waals surface area contributed by atoms with Crippen molar-refractivity contribution < 1.29 is 5.11 Å². The lowest BCUT2D eigenvalue weighted by Gasteiger charge is -2.08. The number of fused-ring (bicyclic) bond motifs is 1. The molecule has 2 N–H and O–H groups in total. The monoisotopic (exact) mass is 195 g/mol. The van der Waals surface area contributed by atoms with Crippen molar-refractivity contribution >= 4 is 11.8 Å². The van der Waals surface area contributed by atoms with Gasteiger partial charge >= 0.3 is 0 Å². The molecule has 0 aromatic heterocycles. The van der Waals surface area contributed by atoms with Crippen LogP contribution in [-0.2, 0) is 6.54 Å². The first-order valence-corrected chi connectivity index (χ1v) is 5.58. The van der Waals surface area contributed by atoms with Gasteiger partial charge in [-0.15, -0.1) is 11.8 Å². The van der Waals surface area contributed by atoms with Gasteiger partial charge in [0.25, 0.3) is 0 Å². The molecular formula is C10H13NOS. The van der Waals surface area contributed by atoms with Crippen molar-refractivity contribution in [3.63, 3.8) is 0 Å². The number of thioether (sulfide) groups is 1. The Morgan fingerprint density at radius 1 is 1.62 bits per heavy atom. The molecular weight excluding hydrogens is 182 g/mol. The molecule has 0 spiro atoms. The maximum Gasteiger partial charge on any atom is 0.0626 e. The summed E-state index contributed by atoms with van der Waals surface area (Å²) in [6, 6.07) is 6.58. The number of nitrogens with one attached hydrogen (secondary N) is 1. The van der Waals surface area contributed by atoms with E-state index in [-0.39, 0.29) is 12.6 Å². The summed E-state index contributed by atoms with van der Waals surface area (Å²) < 4.78 is 0. The second-order valence-electron chi connectivity index (χ2n) is 3.18. The normalized spacial score (nSPS) is 20.3. The highest BCUT2D eigenvalue weighted by Crippen LogP contribution is 2.28. The van der Waals surface area contributed by atoms with Crippen molar-refractivity contribution in [2.45, 2.75) is 17.5 Å². The second-order valence-corrected chi connectivity index (χ2v) is 4.06. The molecule has 1 aromatic carbocycles. The molecule has 0 aliphatic carbocycles. The summed E-state index contributed by atoms with van der Waals surface area (Å²) in [5, 5.41) is 12.4. The van der Waals surface area contributed by atoms with E-state index in [1.165, 1.54) is 16.0 Å². The van der Waals surface area contributed by atoms with Crippen molar-refractivity contribution in [2.75, 3.05) is 12.9 Å². The van der Waals surface area contributed by atoms with Gasteiger partial charge in [-0.05, 0) is 29.5 Å². The third-order valence-electron chi connectivity index (χ3n) is 2.45. The first-order chi connectivity index (χ1) is 6.35. The molecule has 1 aromatic rings. The van der Waals surface area contributed by atoms with E-state index in [2.05, 4.69) is 29.8 Å². The summed E-state index contributed by atoms with van der Waals surface area (Å²) in [6.07, 6.45) is 2.07. The summed E-state index contributed by atoms with van der Waals surface area (Å²) in [4.78, 5) is 1.26. The molecule has 2 rings (SSSR count).